The molecule has 6 nitrogen and oxygen atoms in total. The quantitative estimate of drug-likeness (QED) is 0.831. The fourth-order valence-corrected chi connectivity index (χ4v) is 3.40. The van der Waals surface area contributed by atoms with Crippen LogP contribution in [0.15, 0.2) is 28.7 Å². The van der Waals surface area contributed by atoms with E-state index in [0.717, 1.165) is 43.5 Å². The van der Waals surface area contributed by atoms with E-state index in [2.05, 4.69) is 10.2 Å². The average molecular weight is 343 g/mol. The molecule has 6 heteroatoms. The van der Waals surface area contributed by atoms with Gasteiger partial charge in [-0.25, -0.2) is 0 Å². The number of nitrogens with zero attached hydrogens (tertiary/aromatic N) is 3. The maximum Gasteiger partial charge on any atom is 0.238 e. The number of amides is 1. The van der Waals surface area contributed by atoms with Gasteiger partial charge in [-0.3, -0.25) is 4.79 Å². The highest BCUT2D eigenvalue weighted by molar-refractivity contribution is 5.77. The van der Waals surface area contributed by atoms with Crippen molar-refractivity contribution in [3.05, 3.63) is 41.6 Å². The van der Waals surface area contributed by atoms with Crippen LogP contribution in [0.1, 0.15) is 55.5 Å². The highest BCUT2D eigenvalue weighted by Crippen LogP contribution is 2.30. The SMILES string of the molecule is COc1ccccc1CCC(=O)N1CCCCC[C@H]1c1nnc(C)o1. The minimum absolute atomic E-state index is 0.103. The van der Waals surface area contributed by atoms with Gasteiger partial charge >= 0.3 is 0 Å². The number of carbonyl (C=O) groups excluding carboxylic acids is 1. The molecular weight excluding hydrogens is 318 g/mol. The van der Waals surface area contributed by atoms with Crippen molar-refractivity contribution in [2.75, 3.05) is 13.7 Å². The molecule has 0 bridgehead atoms. The summed E-state index contributed by atoms with van der Waals surface area (Å²) in [5.41, 5.74) is 1.05. The summed E-state index contributed by atoms with van der Waals surface area (Å²) in [6.07, 6.45) is 5.20. The lowest BCUT2D eigenvalue weighted by Crippen LogP contribution is -2.35. The number of ether oxygens (including phenoxy) is 1. The summed E-state index contributed by atoms with van der Waals surface area (Å²) < 4.78 is 11.0. The van der Waals surface area contributed by atoms with Crippen LogP contribution in [0.3, 0.4) is 0 Å². The normalized spacial score (nSPS) is 18.0. The van der Waals surface area contributed by atoms with Crippen molar-refractivity contribution < 1.29 is 13.9 Å². The van der Waals surface area contributed by atoms with Gasteiger partial charge in [0, 0.05) is 19.9 Å². The largest absolute Gasteiger partial charge is 0.496 e. The van der Waals surface area contributed by atoms with Crippen LogP contribution >= 0.6 is 0 Å². The third-order valence-electron chi connectivity index (χ3n) is 4.70. The number of hydrogen-bond donors (Lipinski definition) is 0. The molecule has 2 aromatic rings. The van der Waals surface area contributed by atoms with Gasteiger partial charge in [-0.05, 0) is 30.9 Å². The topological polar surface area (TPSA) is 68.5 Å². The number of methoxy groups -OCH3 is 1. The van der Waals surface area contributed by atoms with Crippen LogP contribution in [-0.4, -0.2) is 34.7 Å². The number of aromatic nitrogens is 2. The van der Waals surface area contributed by atoms with Crippen molar-refractivity contribution in [3.8, 4) is 5.75 Å². The molecule has 2 heterocycles. The Morgan fingerprint density at radius 3 is 2.88 bits per heavy atom. The number of hydrogen-bond acceptors (Lipinski definition) is 5. The third-order valence-corrected chi connectivity index (χ3v) is 4.70. The summed E-state index contributed by atoms with van der Waals surface area (Å²) in [7, 11) is 1.66. The fourth-order valence-electron chi connectivity index (χ4n) is 3.40. The van der Waals surface area contributed by atoms with Crippen LogP contribution in [-0.2, 0) is 11.2 Å². The molecule has 0 spiro atoms. The molecule has 1 fully saturated rings. The first-order valence-corrected chi connectivity index (χ1v) is 8.90. The average Bonchev–Trinajstić information content (AvgIpc) is 2.92. The molecule has 1 aliphatic heterocycles. The second-order valence-corrected chi connectivity index (χ2v) is 6.42. The van der Waals surface area contributed by atoms with Crippen LogP contribution in [0.2, 0.25) is 0 Å². The first kappa shape index (κ1) is 17.5. The number of benzene rings is 1. The van der Waals surface area contributed by atoms with Gasteiger partial charge in [-0.2, -0.15) is 0 Å². The van der Waals surface area contributed by atoms with E-state index in [1.54, 1.807) is 14.0 Å². The Labute approximate surface area is 148 Å². The lowest BCUT2D eigenvalue weighted by atomic mass is 10.1. The summed E-state index contributed by atoms with van der Waals surface area (Å²) in [6.45, 7) is 2.53. The molecule has 0 N–H and O–H groups in total. The van der Waals surface area contributed by atoms with Gasteiger partial charge in [0.25, 0.3) is 0 Å². The van der Waals surface area contributed by atoms with Gasteiger partial charge in [0.05, 0.1) is 7.11 Å². The van der Waals surface area contributed by atoms with Gasteiger partial charge < -0.3 is 14.1 Å². The molecule has 1 atom stereocenters. The Morgan fingerprint density at radius 2 is 2.12 bits per heavy atom. The zero-order valence-electron chi connectivity index (χ0n) is 14.9. The number of aryl methyl sites for hydroxylation is 2. The summed E-state index contributed by atoms with van der Waals surface area (Å²) in [5.74, 6) is 2.06. The molecule has 0 saturated carbocycles. The predicted octanol–water partition coefficient (Wildman–Crippen LogP) is 3.46. The Hall–Kier alpha value is -2.37. The molecule has 1 aromatic carbocycles. The molecule has 1 aromatic heterocycles. The van der Waals surface area contributed by atoms with Crippen molar-refractivity contribution in [3.63, 3.8) is 0 Å². The summed E-state index contributed by atoms with van der Waals surface area (Å²) in [4.78, 5) is 14.8. The Morgan fingerprint density at radius 1 is 1.28 bits per heavy atom. The van der Waals surface area contributed by atoms with E-state index in [-0.39, 0.29) is 11.9 Å². The predicted molar refractivity (Wildman–Crippen MR) is 93.3 cm³/mol. The van der Waals surface area contributed by atoms with Crippen molar-refractivity contribution in [1.29, 1.82) is 0 Å². The Bertz CT molecular complexity index is 713. The maximum absolute atomic E-state index is 12.9. The summed E-state index contributed by atoms with van der Waals surface area (Å²) in [5, 5.41) is 8.09. The molecule has 0 aliphatic carbocycles. The molecule has 1 aliphatic rings. The Balaban J connectivity index is 1.71. The summed E-state index contributed by atoms with van der Waals surface area (Å²) >= 11 is 0. The van der Waals surface area contributed by atoms with Crippen LogP contribution < -0.4 is 4.74 Å². The molecule has 1 saturated heterocycles. The van der Waals surface area contributed by atoms with Gasteiger partial charge in [-0.1, -0.05) is 31.0 Å². The van der Waals surface area contributed by atoms with E-state index in [1.807, 2.05) is 29.2 Å². The van der Waals surface area contributed by atoms with Crippen molar-refractivity contribution in [1.82, 2.24) is 15.1 Å². The first-order chi connectivity index (χ1) is 12.2. The molecular formula is C19H25N3O3. The zero-order valence-corrected chi connectivity index (χ0v) is 14.9. The van der Waals surface area contributed by atoms with Gasteiger partial charge in [0.1, 0.15) is 11.8 Å². The standard InChI is InChI=1S/C19H25N3O3/c1-14-20-21-19(25-14)16-9-4-3-7-13-22(16)18(23)12-11-15-8-5-6-10-17(15)24-2/h5-6,8,10,16H,3-4,7,9,11-13H2,1-2H3/t16-/m0/s1. The van der Waals surface area contributed by atoms with Crippen molar-refractivity contribution >= 4 is 5.91 Å². The number of para-hydroxylation sites is 1. The van der Waals surface area contributed by atoms with Crippen LogP contribution in [0.5, 0.6) is 5.75 Å². The van der Waals surface area contributed by atoms with E-state index in [9.17, 15) is 4.79 Å². The number of carbonyl (C=O) groups is 1. The molecule has 0 radical (unpaired) electrons. The van der Waals surface area contributed by atoms with E-state index in [1.165, 1.54) is 0 Å². The molecule has 25 heavy (non-hydrogen) atoms. The monoisotopic (exact) mass is 343 g/mol. The van der Waals surface area contributed by atoms with Gasteiger partial charge in [0.15, 0.2) is 0 Å². The second-order valence-electron chi connectivity index (χ2n) is 6.42. The first-order valence-electron chi connectivity index (χ1n) is 8.90. The van der Waals surface area contributed by atoms with Gasteiger partial charge in [0.2, 0.25) is 17.7 Å². The lowest BCUT2D eigenvalue weighted by molar-refractivity contribution is -0.134. The van der Waals surface area contributed by atoms with E-state index in [0.29, 0.717) is 24.6 Å². The van der Waals surface area contributed by atoms with Crippen LogP contribution in [0.4, 0.5) is 0 Å². The van der Waals surface area contributed by atoms with E-state index >= 15 is 0 Å². The zero-order chi connectivity index (χ0) is 17.6. The maximum atomic E-state index is 12.9. The van der Waals surface area contributed by atoms with Crippen molar-refractivity contribution in [2.45, 2.75) is 51.5 Å². The smallest absolute Gasteiger partial charge is 0.238 e. The van der Waals surface area contributed by atoms with E-state index < -0.39 is 0 Å². The van der Waals surface area contributed by atoms with Crippen molar-refractivity contribution in [2.24, 2.45) is 0 Å². The highest BCUT2D eigenvalue weighted by atomic mass is 16.5. The van der Waals surface area contributed by atoms with Gasteiger partial charge in [-0.15, -0.1) is 10.2 Å². The third kappa shape index (κ3) is 4.18. The van der Waals surface area contributed by atoms with E-state index in [4.69, 9.17) is 9.15 Å². The van der Waals surface area contributed by atoms with Crippen LogP contribution in [0.25, 0.3) is 0 Å². The number of likely N-dealkylation sites (tertiary alicyclic amines) is 1. The number of rotatable bonds is 5. The Kier molecular flexibility index (Phi) is 5.68. The molecule has 134 valence electrons. The molecule has 0 unspecified atom stereocenters. The lowest BCUT2D eigenvalue weighted by Gasteiger charge is -2.27. The fraction of sp³-hybridized carbons (Fsp3) is 0.526. The minimum atomic E-state index is -0.103. The molecule has 3 rings (SSSR count). The minimum Gasteiger partial charge on any atom is -0.496 e. The highest BCUT2D eigenvalue weighted by Gasteiger charge is 2.30. The summed E-state index contributed by atoms with van der Waals surface area (Å²) in [6, 6.07) is 7.74. The van der Waals surface area contributed by atoms with Crippen LogP contribution in [0, 0.1) is 6.92 Å². The second kappa shape index (κ2) is 8.14. The molecule has 1 amide bonds.